The first-order valence-corrected chi connectivity index (χ1v) is 7.78. The van der Waals surface area contributed by atoms with Gasteiger partial charge < -0.3 is 4.98 Å². The smallest absolute Gasteiger partial charge is 0.260 e. The number of hydrogen-bond acceptors (Lipinski definition) is 3. The minimum Gasteiger partial charge on any atom is -0.335 e. The van der Waals surface area contributed by atoms with Crippen molar-refractivity contribution in [3.63, 3.8) is 0 Å². The van der Waals surface area contributed by atoms with Crippen LogP contribution in [-0.2, 0) is 10.0 Å². The summed E-state index contributed by atoms with van der Waals surface area (Å²) in [5.41, 5.74) is 0. The van der Waals surface area contributed by atoms with Gasteiger partial charge in [-0.25, -0.2) is 13.4 Å². The highest BCUT2D eigenvalue weighted by Crippen LogP contribution is 2.29. The van der Waals surface area contributed by atoms with Crippen LogP contribution in [0.5, 0.6) is 0 Å². The van der Waals surface area contributed by atoms with Gasteiger partial charge in [-0.3, -0.25) is 0 Å². The van der Waals surface area contributed by atoms with E-state index in [-0.39, 0.29) is 11.1 Å². The quantitative estimate of drug-likeness (QED) is 0.835. The molecule has 90 valence electrons. The average Bonchev–Trinajstić information content (AvgIpc) is 2.67. The fourth-order valence-electron chi connectivity index (χ4n) is 1.77. The molecule has 0 spiro atoms. The van der Waals surface area contributed by atoms with Gasteiger partial charge in [0, 0.05) is 17.9 Å². The van der Waals surface area contributed by atoms with Crippen LogP contribution in [0.1, 0.15) is 19.3 Å². The van der Waals surface area contributed by atoms with E-state index in [4.69, 9.17) is 0 Å². The van der Waals surface area contributed by atoms with E-state index in [1.165, 1.54) is 12.5 Å². The summed E-state index contributed by atoms with van der Waals surface area (Å²) in [5.74, 6) is 0. The second-order valence-electron chi connectivity index (χ2n) is 3.81. The van der Waals surface area contributed by atoms with Crippen molar-refractivity contribution in [1.82, 2.24) is 14.3 Å². The number of aromatic nitrogens is 2. The summed E-state index contributed by atoms with van der Waals surface area (Å²) in [4.78, 5) is 6.42. The molecule has 7 heteroatoms. The van der Waals surface area contributed by atoms with Gasteiger partial charge in [0.25, 0.3) is 10.0 Å². The van der Waals surface area contributed by atoms with Crippen LogP contribution in [0.25, 0.3) is 0 Å². The molecular weight excluding hydrogens is 294 g/mol. The Bertz CT molecular complexity index is 428. The molecule has 5 nitrogen and oxygen atoms in total. The van der Waals surface area contributed by atoms with Crippen molar-refractivity contribution in [2.45, 2.75) is 30.3 Å². The van der Waals surface area contributed by atoms with E-state index in [1.54, 1.807) is 4.31 Å². The lowest BCUT2D eigenvalue weighted by atomic mass is 9.93. The van der Waals surface area contributed by atoms with E-state index in [9.17, 15) is 8.42 Å². The Balaban J connectivity index is 2.24. The summed E-state index contributed by atoms with van der Waals surface area (Å²) in [6.45, 7) is 0.506. The lowest BCUT2D eigenvalue weighted by Gasteiger charge is -2.35. The molecule has 1 heterocycles. The van der Waals surface area contributed by atoms with Gasteiger partial charge in [0.15, 0.2) is 5.03 Å². The molecule has 0 radical (unpaired) electrons. The molecule has 0 atom stereocenters. The Hall–Kier alpha value is -0.400. The highest BCUT2D eigenvalue weighted by Gasteiger charge is 2.34. The standard InChI is InChI=1S/C9H14BrN3O2S/c10-4-5-13(8-2-1-3-8)16(14,15)9-6-11-7-12-9/h6-8H,1-5H2,(H,11,12). The van der Waals surface area contributed by atoms with Crippen molar-refractivity contribution in [3.05, 3.63) is 12.5 Å². The number of aromatic amines is 1. The second kappa shape index (κ2) is 4.85. The van der Waals surface area contributed by atoms with Crippen molar-refractivity contribution >= 4 is 26.0 Å². The molecule has 1 aliphatic rings. The van der Waals surface area contributed by atoms with Crippen LogP contribution >= 0.6 is 15.9 Å². The lowest BCUT2D eigenvalue weighted by Crippen LogP contribution is -2.45. The summed E-state index contributed by atoms with van der Waals surface area (Å²) >= 11 is 3.30. The normalized spacial score (nSPS) is 17.6. The fraction of sp³-hybridized carbons (Fsp3) is 0.667. The van der Waals surface area contributed by atoms with Crippen LogP contribution in [0, 0.1) is 0 Å². The van der Waals surface area contributed by atoms with Gasteiger partial charge in [0.05, 0.1) is 12.5 Å². The molecule has 0 saturated heterocycles. The van der Waals surface area contributed by atoms with Gasteiger partial charge >= 0.3 is 0 Å². The zero-order valence-corrected chi connectivity index (χ0v) is 11.2. The molecule has 0 unspecified atom stereocenters. The largest absolute Gasteiger partial charge is 0.335 e. The van der Waals surface area contributed by atoms with Crippen LogP contribution in [0.2, 0.25) is 0 Å². The lowest BCUT2D eigenvalue weighted by molar-refractivity contribution is 0.228. The van der Waals surface area contributed by atoms with Crippen LogP contribution < -0.4 is 0 Å². The number of sulfonamides is 1. The van der Waals surface area contributed by atoms with Gasteiger partial charge in [-0.2, -0.15) is 4.31 Å². The summed E-state index contributed by atoms with van der Waals surface area (Å²) in [6, 6.07) is 0.158. The van der Waals surface area contributed by atoms with Gasteiger partial charge in [-0.1, -0.05) is 22.4 Å². The van der Waals surface area contributed by atoms with Gasteiger partial charge in [0.1, 0.15) is 0 Å². The number of nitrogens with one attached hydrogen (secondary N) is 1. The average molecular weight is 308 g/mol. The molecule has 1 saturated carbocycles. The maximum atomic E-state index is 12.3. The van der Waals surface area contributed by atoms with E-state index in [0.29, 0.717) is 11.9 Å². The minimum absolute atomic E-state index is 0.158. The highest BCUT2D eigenvalue weighted by molar-refractivity contribution is 9.09. The Morgan fingerprint density at radius 2 is 2.31 bits per heavy atom. The SMILES string of the molecule is O=S(=O)(c1cnc[nH]1)N(CCBr)C1CCC1. The highest BCUT2D eigenvalue weighted by atomic mass is 79.9. The number of rotatable bonds is 5. The van der Waals surface area contributed by atoms with Gasteiger partial charge in [0.2, 0.25) is 0 Å². The molecule has 0 bridgehead atoms. The minimum atomic E-state index is -3.39. The molecule has 0 amide bonds. The molecule has 1 aromatic rings. The van der Waals surface area contributed by atoms with E-state index >= 15 is 0 Å². The molecule has 0 aliphatic heterocycles. The third-order valence-corrected chi connectivity index (χ3v) is 5.08. The van der Waals surface area contributed by atoms with Gasteiger partial charge in [-0.05, 0) is 12.8 Å². The van der Waals surface area contributed by atoms with Crippen LogP contribution in [0.15, 0.2) is 17.6 Å². The Morgan fingerprint density at radius 1 is 1.56 bits per heavy atom. The Morgan fingerprint density at radius 3 is 2.75 bits per heavy atom. The maximum absolute atomic E-state index is 12.3. The molecule has 1 aliphatic carbocycles. The van der Waals surface area contributed by atoms with Gasteiger partial charge in [-0.15, -0.1) is 0 Å². The number of H-pyrrole nitrogens is 1. The Labute approximate surface area is 103 Å². The van der Waals surface area contributed by atoms with Crippen LogP contribution in [0.3, 0.4) is 0 Å². The topological polar surface area (TPSA) is 66.1 Å². The van der Waals surface area contributed by atoms with Crippen LogP contribution in [0.4, 0.5) is 0 Å². The van der Waals surface area contributed by atoms with E-state index < -0.39 is 10.0 Å². The number of imidazole rings is 1. The zero-order chi connectivity index (χ0) is 11.6. The van der Waals surface area contributed by atoms with Crippen molar-refractivity contribution in [2.75, 3.05) is 11.9 Å². The van der Waals surface area contributed by atoms with Crippen LogP contribution in [-0.4, -0.2) is 40.6 Å². The second-order valence-corrected chi connectivity index (χ2v) is 6.46. The molecule has 16 heavy (non-hydrogen) atoms. The molecule has 1 N–H and O–H groups in total. The molecular formula is C9H14BrN3O2S. The zero-order valence-electron chi connectivity index (χ0n) is 8.76. The molecule has 0 aromatic carbocycles. The first kappa shape index (κ1) is 12.1. The first-order chi connectivity index (χ1) is 7.66. The fourth-order valence-corrected chi connectivity index (χ4v) is 3.97. The number of nitrogens with zero attached hydrogens (tertiary/aromatic N) is 2. The molecule has 2 rings (SSSR count). The van der Waals surface area contributed by atoms with Crippen molar-refractivity contribution in [2.24, 2.45) is 0 Å². The first-order valence-electron chi connectivity index (χ1n) is 5.22. The monoisotopic (exact) mass is 307 g/mol. The number of alkyl halides is 1. The van der Waals surface area contributed by atoms with E-state index in [0.717, 1.165) is 19.3 Å². The van der Waals surface area contributed by atoms with Crippen molar-refractivity contribution in [1.29, 1.82) is 0 Å². The summed E-state index contributed by atoms with van der Waals surface area (Å²) in [5, 5.41) is 0.831. The van der Waals surface area contributed by atoms with Crippen molar-refractivity contribution in [3.8, 4) is 0 Å². The summed E-state index contributed by atoms with van der Waals surface area (Å²) < 4.78 is 26.1. The summed E-state index contributed by atoms with van der Waals surface area (Å²) in [7, 11) is -3.39. The number of halogens is 1. The molecule has 1 aromatic heterocycles. The van der Waals surface area contributed by atoms with E-state index in [1.807, 2.05) is 0 Å². The predicted octanol–water partition coefficient (Wildman–Crippen LogP) is 1.35. The maximum Gasteiger partial charge on any atom is 0.260 e. The third kappa shape index (κ3) is 2.16. The summed E-state index contributed by atoms with van der Waals surface area (Å²) in [6.07, 6.45) is 5.78. The van der Waals surface area contributed by atoms with E-state index in [2.05, 4.69) is 25.9 Å². The predicted molar refractivity (Wildman–Crippen MR) is 63.9 cm³/mol. The van der Waals surface area contributed by atoms with Crippen molar-refractivity contribution < 1.29 is 8.42 Å². The molecule has 1 fully saturated rings. The Kier molecular flexibility index (Phi) is 3.66. The number of hydrogen-bond donors (Lipinski definition) is 1. The third-order valence-electron chi connectivity index (χ3n) is 2.85.